The Labute approximate surface area is 135 Å². The SMILES string of the molecule is CCCCCC1(C)COC(O)(C2CC=C(C(F)(F)F)CC2)OC1. The summed E-state index contributed by atoms with van der Waals surface area (Å²) in [5, 5.41) is 10.5. The van der Waals surface area contributed by atoms with E-state index in [-0.39, 0.29) is 24.7 Å². The van der Waals surface area contributed by atoms with Gasteiger partial charge in [-0.25, -0.2) is 0 Å². The number of hydrogen-bond donors (Lipinski definition) is 1. The molecule has 0 aromatic rings. The molecule has 0 aromatic carbocycles. The lowest BCUT2D eigenvalue weighted by molar-refractivity contribution is -0.425. The molecule has 134 valence electrons. The number of unbranched alkanes of at least 4 members (excludes halogenated alkanes) is 2. The molecule has 2 aliphatic rings. The Morgan fingerprint density at radius 3 is 2.39 bits per heavy atom. The van der Waals surface area contributed by atoms with E-state index in [0.29, 0.717) is 13.2 Å². The van der Waals surface area contributed by atoms with E-state index in [1.165, 1.54) is 0 Å². The zero-order valence-electron chi connectivity index (χ0n) is 13.9. The van der Waals surface area contributed by atoms with Gasteiger partial charge in [0.2, 0.25) is 0 Å². The van der Waals surface area contributed by atoms with Crippen molar-refractivity contribution in [2.75, 3.05) is 13.2 Å². The topological polar surface area (TPSA) is 38.7 Å². The quantitative estimate of drug-likeness (QED) is 0.591. The first-order valence-electron chi connectivity index (χ1n) is 8.45. The fraction of sp³-hybridized carbons (Fsp3) is 0.882. The lowest BCUT2D eigenvalue weighted by Crippen LogP contribution is -2.53. The average Bonchev–Trinajstić information content (AvgIpc) is 2.50. The minimum Gasteiger partial charge on any atom is -0.343 e. The van der Waals surface area contributed by atoms with E-state index >= 15 is 0 Å². The third kappa shape index (κ3) is 4.70. The monoisotopic (exact) mass is 336 g/mol. The minimum atomic E-state index is -4.28. The van der Waals surface area contributed by atoms with Gasteiger partial charge in [0.15, 0.2) is 0 Å². The molecule has 0 radical (unpaired) electrons. The number of ether oxygens (including phenoxy) is 2. The van der Waals surface area contributed by atoms with E-state index < -0.39 is 23.6 Å². The molecular weight excluding hydrogens is 309 g/mol. The largest absolute Gasteiger partial charge is 0.412 e. The highest BCUT2D eigenvalue weighted by molar-refractivity contribution is 5.13. The molecular formula is C17H27F3O3. The first kappa shape index (κ1) is 18.7. The van der Waals surface area contributed by atoms with Gasteiger partial charge in [-0.05, 0) is 25.7 Å². The standard InChI is InChI=1S/C17H27F3O3/c1-3-4-5-10-15(2)11-22-17(21,23-12-15)14-8-6-13(7-9-14)16(18,19)20/h6,14,21H,3-5,7-12H2,1-2H3. The van der Waals surface area contributed by atoms with Gasteiger partial charge in [0.05, 0.1) is 13.2 Å². The molecule has 1 atom stereocenters. The molecule has 3 nitrogen and oxygen atoms in total. The predicted octanol–water partition coefficient (Wildman–Crippen LogP) is 4.55. The highest BCUT2D eigenvalue weighted by Gasteiger charge is 2.48. The molecule has 1 aliphatic heterocycles. The second-order valence-corrected chi connectivity index (χ2v) is 7.17. The van der Waals surface area contributed by atoms with Gasteiger partial charge in [-0.3, -0.25) is 0 Å². The van der Waals surface area contributed by atoms with Crippen molar-refractivity contribution in [1.82, 2.24) is 0 Å². The smallest absolute Gasteiger partial charge is 0.343 e. The van der Waals surface area contributed by atoms with Crippen molar-refractivity contribution < 1.29 is 27.8 Å². The Hall–Kier alpha value is -0.590. The molecule has 1 saturated heterocycles. The molecule has 1 heterocycles. The predicted molar refractivity (Wildman–Crippen MR) is 80.6 cm³/mol. The van der Waals surface area contributed by atoms with Crippen LogP contribution in [0.5, 0.6) is 0 Å². The van der Waals surface area contributed by atoms with Gasteiger partial charge >= 0.3 is 6.18 Å². The van der Waals surface area contributed by atoms with Crippen molar-refractivity contribution in [2.24, 2.45) is 11.3 Å². The van der Waals surface area contributed by atoms with Crippen molar-refractivity contribution in [3.05, 3.63) is 11.6 Å². The van der Waals surface area contributed by atoms with E-state index in [0.717, 1.165) is 31.8 Å². The van der Waals surface area contributed by atoms with Gasteiger partial charge < -0.3 is 14.6 Å². The van der Waals surface area contributed by atoms with Crippen LogP contribution in [0.3, 0.4) is 0 Å². The van der Waals surface area contributed by atoms with E-state index in [2.05, 4.69) is 13.8 Å². The third-order valence-corrected chi connectivity index (χ3v) is 4.93. The maximum atomic E-state index is 12.7. The molecule has 1 fully saturated rings. The second-order valence-electron chi connectivity index (χ2n) is 7.17. The summed E-state index contributed by atoms with van der Waals surface area (Å²) in [5.74, 6) is -2.20. The van der Waals surface area contributed by atoms with Gasteiger partial charge in [-0.2, -0.15) is 13.2 Å². The van der Waals surface area contributed by atoms with Crippen LogP contribution in [-0.4, -0.2) is 30.5 Å². The molecule has 1 unspecified atom stereocenters. The molecule has 0 spiro atoms. The van der Waals surface area contributed by atoms with Gasteiger partial charge in [0.1, 0.15) is 0 Å². The van der Waals surface area contributed by atoms with Crippen LogP contribution in [0.4, 0.5) is 13.2 Å². The summed E-state index contributed by atoms with van der Waals surface area (Å²) < 4.78 is 49.2. The van der Waals surface area contributed by atoms with Crippen LogP contribution < -0.4 is 0 Å². The van der Waals surface area contributed by atoms with Crippen LogP contribution in [-0.2, 0) is 9.47 Å². The summed E-state index contributed by atoms with van der Waals surface area (Å²) in [4.78, 5) is 0. The van der Waals surface area contributed by atoms with E-state index in [1.54, 1.807) is 0 Å². The van der Waals surface area contributed by atoms with Crippen LogP contribution in [0, 0.1) is 11.3 Å². The molecule has 1 N–H and O–H groups in total. The molecule has 6 heteroatoms. The van der Waals surface area contributed by atoms with Gasteiger partial charge in [0, 0.05) is 16.9 Å². The minimum absolute atomic E-state index is 0.100. The van der Waals surface area contributed by atoms with E-state index in [4.69, 9.17) is 9.47 Å². The van der Waals surface area contributed by atoms with Gasteiger partial charge in [0.25, 0.3) is 5.97 Å². The second kappa shape index (κ2) is 7.11. The van der Waals surface area contributed by atoms with Crippen LogP contribution in [0.2, 0.25) is 0 Å². The molecule has 1 aliphatic carbocycles. The first-order valence-corrected chi connectivity index (χ1v) is 8.45. The van der Waals surface area contributed by atoms with Crippen molar-refractivity contribution in [2.45, 2.75) is 70.9 Å². The Balaban J connectivity index is 1.89. The molecule has 0 aromatic heterocycles. The zero-order chi connectivity index (χ0) is 17.1. The zero-order valence-corrected chi connectivity index (χ0v) is 13.9. The fourth-order valence-electron chi connectivity index (χ4n) is 3.24. The summed E-state index contributed by atoms with van der Waals surface area (Å²) >= 11 is 0. The Kier molecular flexibility index (Phi) is 5.80. The summed E-state index contributed by atoms with van der Waals surface area (Å²) in [5.41, 5.74) is -0.652. The number of aliphatic hydroxyl groups is 1. The number of hydrogen-bond acceptors (Lipinski definition) is 3. The van der Waals surface area contributed by atoms with Crippen LogP contribution in [0.15, 0.2) is 11.6 Å². The summed E-state index contributed by atoms with van der Waals surface area (Å²) in [6, 6.07) is 0. The lowest BCUT2D eigenvalue weighted by atomic mass is 9.83. The number of allylic oxidation sites excluding steroid dienone is 2. The Morgan fingerprint density at radius 1 is 1.26 bits per heavy atom. The fourth-order valence-corrected chi connectivity index (χ4v) is 3.24. The van der Waals surface area contributed by atoms with Crippen molar-refractivity contribution >= 4 is 0 Å². The van der Waals surface area contributed by atoms with Crippen molar-refractivity contribution in [3.8, 4) is 0 Å². The highest BCUT2D eigenvalue weighted by Crippen LogP contribution is 2.43. The molecule has 2 rings (SSSR count). The summed E-state index contributed by atoms with van der Waals surface area (Å²) in [6.07, 6.45) is 1.45. The molecule has 0 saturated carbocycles. The molecule has 0 amide bonds. The van der Waals surface area contributed by atoms with Crippen LogP contribution in [0.25, 0.3) is 0 Å². The Morgan fingerprint density at radius 2 is 1.91 bits per heavy atom. The normalized spacial score (nSPS) is 35.9. The maximum Gasteiger partial charge on any atom is 0.412 e. The summed E-state index contributed by atoms with van der Waals surface area (Å²) in [6.45, 7) is 4.95. The number of halogens is 3. The van der Waals surface area contributed by atoms with E-state index in [1.807, 2.05) is 0 Å². The average molecular weight is 336 g/mol. The van der Waals surface area contributed by atoms with E-state index in [9.17, 15) is 18.3 Å². The first-order chi connectivity index (χ1) is 10.7. The van der Waals surface area contributed by atoms with Crippen LogP contribution in [0.1, 0.15) is 58.8 Å². The maximum absolute atomic E-state index is 12.7. The third-order valence-electron chi connectivity index (χ3n) is 4.93. The molecule has 0 bridgehead atoms. The van der Waals surface area contributed by atoms with Crippen molar-refractivity contribution in [3.63, 3.8) is 0 Å². The van der Waals surface area contributed by atoms with Gasteiger partial charge in [-0.15, -0.1) is 0 Å². The van der Waals surface area contributed by atoms with Crippen LogP contribution >= 0.6 is 0 Å². The Bertz CT molecular complexity index is 423. The molecule has 23 heavy (non-hydrogen) atoms. The number of alkyl halides is 3. The van der Waals surface area contributed by atoms with Crippen molar-refractivity contribution in [1.29, 1.82) is 0 Å². The summed E-state index contributed by atoms with van der Waals surface area (Å²) in [7, 11) is 0. The van der Waals surface area contributed by atoms with Gasteiger partial charge in [-0.1, -0.05) is 39.2 Å². The number of rotatable bonds is 5. The lowest BCUT2D eigenvalue weighted by Gasteiger charge is -2.45. The highest BCUT2D eigenvalue weighted by atomic mass is 19.4.